The fraction of sp³-hybridized carbons (Fsp3) is 0.172. The summed E-state index contributed by atoms with van der Waals surface area (Å²) in [6, 6.07) is 20.8. The van der Waals surface area contributed by atoms with Crippen molar-refractivity contribution < 1.29 is 19.0 Å². The van der Waals surface area contributed by atoms with E-state index in [0.29, 0.717) is 61.3 Å². The van der Waals surface area contributed by atoms with Crippen molar-refractivity contribution in [2.45, 2.75) is 11.4 Å². The Bertz CT molecular complexity index is 1480. The summed E-state index contributed by atoms with van der Waals surface area (Å²) in [6.45, 7) is 0. The first-order valence-electron chi connectivity index (χ1n) is 11.8. The number of hydrogen-bond acceptors (Lipinski definition) is 8. The van der Waals surface area contributed by atoms with E-state index in [4.69, 9.17) is 30.8 Å². The second kappa shape index (κ2) is 13.0. The molecule has 0 aliphatic carbocycles. The molecule has 0 aliphatic heterocycles. The molecule has 2 aromatic carbocycles. The number of nitrogens with zero attached hydrogens (tertiary/aromatic N) is 3. The maximum absolute atomic E-state index is 12.5. The van der Waals surface area contributed by atoms with Gasteiger partial charge in [-0.3, -0.25) is 4.79 Å². The molecule has 0 spiro atoms. The van der Waals surface area contributed by atoms with Gasteiger partial charge < -0.3 is 19.5 Å². The zero-order valence-electron chi connectivity index (χ0n) is 21.5. The van der Waals surface area contributed by atoms with Crippen LogP contribution in [0.3, 0.4) is 0 Å². The van der Waals surface area contributed by atoms with E-state index >= 15 is 0 Å². The molecule has 1 amide bonds. The number of amides is 1. The molecule has 0 atom stereocenters. The van der Waals surface area contributed by atoms with Crippen LogP contribution in [0.1, 0.15) is 12.0 Å². The number of carbonyl (C=O) groups is 1. The summed E-state index contributed by atoms with van der Waals surface area (Å²) in [7, 11) is 4.62. The zero-order chi connectivity index (χ0) is 27.8. The molecule has 8 nitrogen and oxygen atoms in total. The maximum atomic E-state index is 12.5. The summed E-state index contributed by atoms with van der Waals surface area (Å²) in [4.78, 5) is 21.4. The first kappa shape index (κ1) is 27.8. The molecule has 0 saturated heterocycles. The lowest BCUT2D eigenvalue weighted by Gasteiger charge is -2.16. The number of benzene rings is 2. The van der Waals surface area contributed by atoms with Gasteiger partial charge in [-0.05, 0) is 35.9 Å². The van der Waals surface area contributed by atoms with Crippen molar-refractivity contribution in [2.24, 2.45) is 0 Å². The molecule has 1 N–H and O–H groups in total. The lowest BCUT2D eigenvalue weighted by Crippen LogP contribution is -2.13. The van der Waals surface area contributed by atoms with Crippen LogP contribution in [0, 0.1) is 11.3 Å². The Hall–Kier alpha value is -4.26. The van der Waals surface area contributed by atoms with Crippen LogP contribution in [0.2, 0.25) is 5.02 Å². The van der Waals surface area contributed by atoms with E-state index in [1.165, 1.54) is 25.1 Å². The molecule has 2 heterocycles. The van der Waals surface area contributed by atoms with Crippen molar-refractivity contribution in [1.29, 1.82) is 5.26 Å². The number of ether oxygens (including phenoxy) is 3. The largest absolute Gasteiger partial charge is 0.493 e. The lowest BCUT2D eigenvalue weighted by atomic mass is 9.98. The van der Waals surface area contributed by atoms with E-state index < -0.39 is 0 Å². The molecule has 4 rings (SSSR count). The highest BCUT2D eigenvalue weighted by molar-refractivity contribution is 7.99. The van der Waals surface area contributed by atoms with Gasteiger partial charge in [0.05, 0.1) is 37.6 Å². The number of nitriles is 1. The van der Waals surface area contributed by atoms with Crippen molar-refractivity contribution >= 4 is 35.1 Å². The SMILES string of the molecule is COc1cc(-c2cc(-c3ccccc3)nc(SCCC(=O)Nc3ccc(Cl)cn3)c2C#N)cc(OC)c1OC. The topological polar surface area (TPSA) is 106 Å². The molecule has 198 valence electrons. The third-order valence-corrected chi connectivity index (χ3v) is 6.91. The van der Waals surface area contributed by atoms with Gasteiger partial charge in [0.1, 0.15) is 16.9 Å². The maximum Gasteiger partial charge on any atom is 0.226 e. The van der Waals surface area contributed by atoms with Crippen LogP contribution >= 0.6 is 23.4 Å². The minimum Gasteiger partial charge on any atom is -0.493 e. The van der Waals surface area contributed by atoms with Gasteiger partial charge in [-0.15, -0.1) is 11.8 Å². The fourth-order valence-electron chi connectivity index (χ4n) is 3.85. The van der Waals surface area contributed by atoms with Crippen LogP contribution in [0.15, 0.2) is 71.9 Å². The average molecular weight is 561 g/mol. The van der Waals surface area contributed by atoms with Gasteiger partial charge in [-0.2, -0.15) is 5.26 Å². The molecule has 0 unspecified atom stereocenters. The van der Waals surface area contributed by atoms with E-state index in [1.54, 1.807) is 38.5 Å². The van der Waals surface area contributed by atoms with E-state index in [0.717, 1.165) is 5.56 Å². The van der Waals surface area contributed by atoms with E-state index in [1.807, 2.05) is 36.4 Å². The Morgan fingerprint density at radius 3 is 2.31 bits per heavy atom. The number of halogens is 1. The van der Waals surface area contributed by atoms with Crippen molar-refractivity contribution in [3.05, 3.63) is 77.4 Å². The highest BCUT2D eigenvalue weighted by Crippen LogP contribution is 2.43. The van der Waals surface area contributed by atoms with Crippen LogP contribution in [-0.2, 0) is 4.79 Å². The zero-order valence-corrected chi connectivity index (χ0v) is 23.1. The quantitative estimate of drug-likeness (QED) is 0.220. The van der Waals surface area contributed by atoms with Crippen LogP contribution in [0.25, 0.3) is 22.4 Å². The number of rotatable bonds is 10. The Kier molecular flexibility index (Phi) is 9.26. The van der Waals surface area contributed by atoms with Crippen molar-refractivity contribution in [3.8, 4) is 45.7 Å². The molecule has 0 radical (unpaired) electrons. The molecule has 0 aliphatic rings. The Morgan fingerprint density at radius 2 is 1.72 bits per heavy atom. The summed E-state index contributed by atoms with van der Waals surface area (Å²) < 4.78 is 16.5. The predicted molar refractivity (Wildman–Crippen MR) is 153 cm³/mol. The monoisotopic (exact) mass is 560 g/mol. The standard InChI is InChI=1S/C29H25ClN4O4S/c1-36-24-13-19(14-25(37-2)28(24)38-3)21-15-23(18-7-5-4-6-8-18)33-29(22(21)16-31)39-12-11-27(35)34-26-10-9-20(30)17-32-26/h4-10,13-15,17H,11-12H2,1-3H3,(H,32,34,35). The molecule has 0 saturated carbocycles. The number of nitrogens with one attached hydrogen (secondary N) is 1. The summed E-state index contributed by atoms with van der Waals surface area (Å²) in [5, 5.41) is 14.0. The number of aromatic nitrogens is 2. The van der Waals surface area contributed by atoms with Gasteiger partial charge in [0, 0.05) is 29.5 Å². The van der Waals surface area contributed by atoms with E-state index in [2.05, 4.69) is 16.4 Å². The van der Waals surface area contributed by atoms with Crippen molar-refractivity contribution in [3.63, 3.8) is 0 Å². The number of carbonyl (C=O) groups excluding carboxylic acids is 1. The first-order valence-corrected chi connectivity index (χ1v) is 13.2. The summed E-state index contributed by atoms with van der Waals surface area (Å²) >= 11 is 7.19. The highest BCUT2D eigenvalue weighted by Gasteiger charge is 2.20. The molecule has 0 fully saturated rings. The molecule has 2 aromatic heterocycles. The summed E-state index contributed by atoms with van der Waals surface area (Å²) in [5.41, 5.74) is 3.32. The third kappa shape index (κ3) is 6.60. The van der Waals surface area contributed by atoms with Crippen LogP contribution in [0.4, 0.5) is 5.82 Å². The third-order valence-electron chi connectivity index (χ3n) is 5.71. The minimum atomic E-state index is -0.208. The molecule has 10 heteroatoms. The predicted octanol–water partition coefficient (Wildman–Crippen LogP) is 6.48. The molecule has 0 bridgehead atoms. The number of hydrogen-bond donors (Lipinski definition) is 1. The van der Waals surface area contributed by atoms with Crippen LogP contribution in [-0.4, -0.2) is 43.0 Å². The van der Waals surface area contributed by atoms with E-state index in [-0.39, 0.29) is 12.3 Å². The van der Waals surface area contributed by atoms with Gasteiger partial charge in [0.2, 0.25) is 11.7 Å². The average Bonchev–Trinajstić information content (AvgIpc) is 2.97. The molecular formula is C29H25ClN4O4S. The second-order valence-electron chi connectivity index (χ2n) is 8.14. The number of thioether (sulfide) groups is 1. The van der Waals surface area contributed by atoms with Crippen LogP contribution in [0.5, 0.6) is 17.2 Å². The Labute approximate surface area is 235 Å². The van der Waals surface area contributed by atoms with Gasteiger partial charge in [0.15, 0.2) is 11.5 Å². The number of methoxy groups -OCH3 is 3. The minimum absolute atomic E-state index is 0.191. The van der Waals surface area contributed by atoms with Gasteiger partial charge >= 0.3 is 0 Å². The van der Waals surface area contributed by atoms with Crippen LogP contribution < -0.4 is 19.5 Å². The summed E-state index contributed by atoms with van der Waals surface area (Å²) in [5.74, 6) is 2.00. The smallest absolute Gasteiger partial charge is 0.226 e. The first-order chi connectivity index (χ1) is 19.0. The lowest BCUT2D eigenvalue weighted by molar-refractivity contribution is -0.115. The summed E-state index contributed by atoms with van der Waals surface area (Å²) in [6.07, 6.45) is 1.66. The number of pyridine rings is 2. The highest BCUT2D eigenvalue weighted by atomic mass is 35.5. The van der Waals surface area contributed by atoms with E-state index in [9.17, 15) is 10.1 Å². The Morgan fingerprint density at radius 1 is 1.00 bits per heavy atom. The number of anilines is 1. The molecule has 39 heavy (non-hydrogen) atoms. The van der Waals surface area contributed by atoms with Gasteiger partial charge in [-0.25, -0.2) is 9.97 Å². The Balaban J connectivity index is 1.70. The van der Waals surface area contributed by atoms with Crippen molar-refractivity contribution in [2.75, 3.05) is 32.4 Å². The molecule has 4 aromatic rings. The fourth-order valence-corrected chi connectivity index (χ4v) is 4.91. The van der Waals surface area contributed by atoms with Gasteiger partial charge in [-0.1, -0.05) is 41.9 Å². The second-order valence-corrected chi connectivity index (χ2v) is 9.66. The van der Waals surface area contributed by atoms with Gasteiger partial charge in [0.25, 0.3) is 0 Å². The normalized spacial score (nSPS) is 10.4. The molecular weight excluding hydrogens is 536 g/mol. The van der Waals surface area contributed by atoms with Crippen molar-refractivity contribution in [1.82, 2.24) is 9.97 Å².